The van der Waals surface area contributed by atoms with Crippen molar-refractivity contribution in [2.75, 3.05) is 6.61 Å². The van der Waals surface area contributed by atoms with E-state index in [2.05, 4.69) is 32.6 Å². The van der Waals surface area contributed by atoms with Gasteiger partial charge < -0.3 is 19.3 Å². The van der Waals surface area contributed by atoms with Gasteiger partial charge in [0.15, 0.2) is 5.79 Å². The molecule has 1 fully saturated rings. The van der Waals surface area contributed by atoms with Crippen molar-refractivity contribution in [2.45, 2.75) is 135 Å². The molecular weight excluding hydrogens is 424 g/mol. The van der Waals surface area contributed by atoms with Crippen molar-refractivity contribution >= 4 is 0 Å². The Hall–Kier alpha value is -1.38. The van der Waals surface area contributed by atoms with Crippen LogP contribution < -0.4 is 0 Å². The van der Waals surface area contributed by atoms with E-state index in [4.69, 9.17) is 14.2 Å². The molecule has 1 aliphatic heterocycles. The molecule has 34 heavy (non-hydrogen) atoms. The molecule has 0 aromatic heterocycles. The molecule has 0 unspecified atom stereocenters. The van der Waals surface area contributed by atoms with Crippen LogP contribution in [0.15, 0.2) is 30.3 Å². The van der Waals surface area contributed by atoms with Gasteiger partial charge in [-0.1, -0.05) is 115 Å². The van der Waals surface area contributed by atoms with E-state index in [1.807, 2.05) is 30.3 Å². The lowest BCUT2D eigenvalue weighted by atomic mass is 10.1. The molecule has 1 aromatic carbocycles. The molecule has 1 N–H and O–H groups in total. The van der Waals surface area contributed by atoms with Gasteiger partial charge in [0.1, 0.15) is 18.3 Å². The average molecular weight is 473 g/mol. The van der Waals surface area contributed by atoms with Gasteiger partial charge in [-0.3, -0.25) is 0 Å². The first-order chi connectivity index (χ1) is 16.6. The van der Waals surface area contributed by atoms with Crippen LogP contribution in [0.25, 0.3) is 0 Å². The van der Waals surface area contributed by atoms with Crippen molar-refractivity contribution in [3.05, 3.63) is 35.9 Å². The molecule has 2 rings (SSSR count). The molecule has 0 amide bonds. The molecule has 192 valence electrons. The van der Waals surface area contributed by atoms with Crippen LogP contribution >= 0.6 is 0 Å². The fourth-order valence-corrected chi connectivity index (χ4v) is 4.49. The monoisotopic (exact) mass is 472 g/mol. The predicted octanol–water partition coefficient (Wildman–Crippen LogP) is 7.18. The lowest BCUT2D eigenvalue weighted by molar-refractivity contribution is -0.192. The Balaban J connectivity index is 1.77. The zero-order valence-corrected chi connectivity index (χ0v) is 21.9. The lowest BCUT2D eigenvalue weighted by Crippen LogP contribution is -2.42. The van der Waals surface area contributed by atoms with Crippen LogP contribution in [-0.2, 0) is 20.8 Å². The number of unbranched alkanes of at least 4 members (excludes halogenated alkanes) is 10. The van der Waals surface area contributed by atoms with Gasteiger partial charge in [-0.05, 0) is 24.8 Å². The van der Waals surface area contributed by atoms with Gasteiger partial charge in [-0.25, -0.2) is 0 Å². The lowest BCUT2D eigenvalue weighted by Gasteiger charge is -2.28. The highest BCUT2D eigenvalue weighted by atomic mass is 16.8. The van der Waals surface area contributed by atoms with Crippen molar-refractivity contribution in [3.63, 3.8) is 0 Å². The Morgan fingerprint density at radius 3 is 2.15 bits per heavy atom. The maximum absolute atomic E-state index is 10.9. The standard InChI is InChI=1S/C30H48O4/c1-4-7-8-9-10-11-12-13-14-15-16-20-23-27(31)29(32-24-26-21-18-17-19-22-26)28-25-33-30(5-2,6-3)34-28/h17-19,21-22,27-29,31H,4-16,24-25H2,1-3H3/t27-,28-,29-/m1/s1. The van der Waals surface area contributed by atoms with Crippen molar-refractivity contribution in [3.8, 4) is 11.8 Å². The first-order valence-corrected chi connectivity index (χ1v) is 13.8. The van der Waals surface area contributed by atoms with Crippen LogP contribution in [-0.4, -0.2) is 35.8 Å². The Labute approximate surface area is 208 Å². The van der Waals surface area contributed by atoms with E-state index < -0.39 is 18.0 Å². The summed E-state index contributed by atoms with van der Waals surface area (Å²) in [5.41, 5.74) is 1.06. The Morgan fingerprint density at radius 2 is 1.56 bits per heavy atom. The molecule has 1 aliphatic rings. The summed E-state index contributed by atoms with van der Waals surface area (Å²) in [5, 5.41) is 10.9. The molecule has 4 nitrogen and oxygen atoms in total. The molecule has 0 aliphatic carbocycles. The van der Waals surface area contributed by atoms with Gasteiger partial charge in [0.25, 0.3) is 0 Å². The maximum Gasteiger partial charge on any atom is 0.168 e. The van der Waals surface area contributed by atoms with Gasteiger partial charge >= 0.3 is 0 Å². The smallest absolute Gasteiger partial charge is 0.168 e. The second-order valence-electron chi connectivity index (χ2n) is 9.54. The van der Waals surface area contributed by atoms with E-state index in [0.717, 1.165) is 31.2 Å². The number of rotatable bonds is 17. The summed E-state index contributed by atoms with van der Waals surface area (Å²) in [7, 11) is 0. The van der Waals surface area contributed by atoms with Crippen LogP contribution in [0.4, 0.5) is 0 Å². The van der Waals surface area contributed by atoms with E-state index in [0.29, 0.717) is 13.2 Å². The Kier molecular flexibility index (Phi) is 14.5. The molecule has 0 bridgehead atoms. The zero-order chi connectivity index (χ0) is 24.5. The van der Waals surface area contributed by atoms with Crippen molar-refractivity contribution in [2.24, 2.45) is 0 Å². The largest absolute Gasteiger partial charge is 0.378 e. The average Bonchev–Trinajstić information content (AvgIpc) is 3.30. The fourth-order valence-electron chi connectivity index (χ4n) is 4.49. The third-order valence-electron chi connectivity index (χ3n) is 6.82. The van der Waals surface area contributed by atoms with Crippen LogP contribution in [0.1, 0.15) is 110 Å². The minimum absolute atomic E-state index is 0.328. The SMILES string of the molecule is CCCCCCCCCCCCC#C[C@@H](O)[C@@H](OCc1ccccc1)[C@H]1COC(CC)(CC)O1. The second kappa shape index (κ2) is 17.1. The quantitative estimate of drug-likeness (QED) is 0.193. The van der Waals surface area contributed by atoms with Gasteiger partial charge in [0.05, 0.1) is 13.2 Å². The molecule has 0 spiro atoms. The molecule has 4 heteroatoms. The maximum atomic E-state index is 10.9. The fraction of sp³-hybridized carbons (Fsp3) is 0.733. The Morgan fingerprint density at radius 1 is 0.941 bits per heavy atom. The van der Waals surface area contributed by atoms with E-state index in [-0.39, 0.29) is 6.10 Å². The number of aliphatic hydroxyl groups excluding tert-OH is 1. The van der Waals surface area contributed by atoms with Gasteiger partial charge in [0, 0.05) is 6.42 Å². The van der Waals surface area contributed by atoms with Gasteiger partial charge in [-0.2, -0.15) is 0 Å². The number of hydrogen-bond acceptors (Lipinski definition) is 4. The second-order valence-corrected chi connectivity index (χ2v) is 9.54. The minimum atomic E-state index is -0.898. The summed E-state index contributed by atoms with van der Waals surface area (Å²) in [6, 6.07) is 10.0. The molecule has 1 saturated heterocycles. The van der Waals surface area contributed by atoms with Crippen molar-refractivity contribution < 1.29 is 19.3 Å². The molecule has 1 aromatic rings. The zero-order valence-electron chi connectivity index (χ0n) is 21.9. The van der Waals surface area contributed by atoms with Gasteiger partial charge in [0.2, 0.25) is 0 Å². The molecule has 0 saturated carbocycles. The van der Waals surface area contributed by atoms with Crippen LogP contribution in [0.2, 0.25) is 0 Å². The molecule has 1 heterocycles. The van der Waals surface area contributed by atoms with Crippen LogP contribution in [0, 0.1) is 11.8 Å². The predicted molar refractivity (Wildman–Crippen MR) is 139 cm³/mol. The topological polar surface area (TPSA) is 47.9 Å². The molecular formula is C30H48O4. The summed E-state index contributed by atoms with van der Waals surface area (Å²) >= 11 is 0. The summed E-state index contributed by atoms with van der Waals surface area (Å²) in [4.78, 5) is 0. The molecule has 0 radical (unpaired) electrons. The summed E-state index contributed by atoms with van der Waals surface area (Å²) in [6.45, 7) is 7.22. The highest BCUT2D eigenvalue weighted by Crippen LogP contribution is 2.33. The number of benzene rings is 1. The van der Waals surface area contributed by atoms with Crippen molar-refractivity contribution in [1.29, 1.82) is 0 Å². The summed E-state index contributed by atoms with van der Waals surface area (Å²) in [6.07, 6.45) is 13.7. The van der Waals surface area contributed by atoms with E-state index >= 15 is 0 Å². The number of hydrogen-bond donors (Lipinski definition) is 1. The first kappa shape index (κ1) is 28.9. The van der Waals surface area contributed by atoms with E-state index in [1.54, 1.807) is 0 Å². The highest BCUT2D eigenvalue weighted by molar-refractivity contribution is 5.14. The number of ether oxygens (including phenoxy) is 3. The Bertz CT molecular complexity index is 689. The summed E-state index contributed by atoms with van der Waals surface area (Å²) < 4.78 is 18.4. The summed E-state index contributed by atoms with van der Waals surface area (Å²) in [5.74, 6) is 5.64. The molecule has 3 atom stereocenters. The van der Waals surface area contributed by atoms with Crippen LogP contribution in [0.5, 0.6) is 0 Å². The normalized spacial score (nSPS) is 18.9. The van der Waals surface area contributed by atoms with E-state index in [9.17, 15) is 5.11 Å². The highest BCUT2D eigenvalue weighted by Gasteiger charge is 2.44. The van der Waals surface area contributed by atoms with Gasteiger partial charge in [-0.15, -0.1) is 5.92 Å². The third-order valence-corrected chi connectivity index (χ3v) is 6.82. The first-order valence-electron chi connectivity index (χ1n) is 13.8. The van der Waals surface area contributed by atoms with Crippen LogP contribution in [0.3, 0.4) is 0 Å². The minimum Gasteiger partial charge on any atom is -0.378 e. The van der Waals surface area contributed by atoms with Crippen molar-refractivity contribution in [1.82, 2.24) is 0 Å². The number of aliphatic hydroxyl groups is 1. The van der Waals surface area contributed by atoms with E-state index in [1.165, 1.54) is 57.8 Å². The third kappa shape index (κ3) is 10.5.